The lowest BCUT2D eigenvalue weighted by atomic mass is 10.1. The summed E-state index contributed by atoms with van der Waals surface area (Å²) in [6.45, 7) is 6.59. The van der Waals surface area contributed by atoms with E-state index in [0.29, 0.717) is 37.4 Å². The van der Waals surface area contributed by atoms with Crippen LogP contribution in [0.5, 0.6) is 11.5 Å². The van der Waals surface area contributed by atoms with Gasteiger partial charge in [0.1, 0.15) is 6.04 Å². The highest BCUT2D eigenvalue weighted by molar-refractivity contribution is 5.87. The minimum absolute atomic E-state index is 0.0632. The Bertz CT molecular complexity index is 866. The van der Waals surface area contributed by atoms with E-state index in [1.54, 1.807) is 26.0 Å². The molecule has 0 heterocycles. The molecule has 6 nitrogen and oxygen atoms in total. The summed E-state index contributed by atoms with van der Waals surface area (Å²) in [5.74, 6) is 1.07. The molecule has 0 aliphatic heterocycles. The second-order valence-electron chi connectivity index (χ2n) is 7.21. The van der Waals surface area contributed by atoms with Gasteiger partial charge in [0.25, 0.3) is 0 Å². The first-order valence-corrected chi connectivity index (χ1v) is 10.2. The third-order valence-electron chi connectivity index (χ3n) is 5.20. The normalized spacial score (nSPS) is 11.5. The van der Waals surface area contributed by atoms with Crippen LogP contribution in [0.1, 0.15) is 37.0 Å². The van der Waals surface area contributed by atoms with Crippen molar-refractivity contribution >= 4 is 11.8 Å². The molecule has 0 aromatic heterocycles. The number of amides is 2. The van der Waals surface area contributed by atoms with E-state index in [-0.39, 0.29) is 11.8 Å². The van der Waals surface area contributed by atoms with E-state index in [4.69, 9.17) is 9.47 Å². The van der Waals surface area contributed by atoms with Gasteiger partial charge in [0.15, 0.2) is 11.5 Å². The highest BCUT2D eigenvalue weighted by atomic mass is 16.5. The van der Waals surface area contributed by atoms with Crippen molar-refractivity contribution in [2.45, 2.75) is 46.2 Å². The maximum Gasteiger partial charge on any atom is 0.242 e. The molecule has 0 bridgehead atoms. The topological polar surface area (TPSA) is 67.9 Å². The predicted molar refractivity (Wildman–Crippen MR) is 118 cm³/mol. The number of hydrogen-bond donors (Lipinski definition) is 1. The number of rotatable bonds is 10. The van der Waals surface area contributed by atoms with Gasteiger partial charge >= 0.3 is 0 Å². The molecule has 0 saturated heterocycles. The molecule has 2 amide bonds. The van der Waals surface area contributed by atoms with Gasteiger partial charge in [-0.1, -0.05) is 30.3 Å². The number of carbonyl (C=O) groups excluding carboxylic acids is 2. The molecule has 2 aromatic carbocycles. The Morgan fingerprint density at radius 1 is 1.07 bits per heavy atom. The van der Waals surface area contributed by atoms with Crippen molar-refractivity contribution in [1.82, 2.24) is 10.2 Å². The van der Waals surface area contributed by atoms with E-state index in [1.807, 2.05) is 56.3 Å². The second kappa shape index (κ2) is 11.2. The van der Waals surface area contributed by atoms with E-state index in [9.17, 15) is 9.59 Å². The number of nitrogens with zero attached hydrogens (tertiary/aromatic N) is 1. The Morgan fingerprint density at radius 2 is 1.77 bits per heavy atom. The molecule has 1 atom stereocenters. The van der Waals surface area contributed by atoms with E-state index in [2.05, 4.69) is 5.32 Å². The van der Waals surface area contributed by atoms with Crippen LogP contribution >= 0.6 is 0 Å². The second-order valence-corrected chi connectivity index (χ2v) is 7.21. The fraction of sp³-hybridized carbons (Fsp3) is 0.417. The van der Waals surface area contributed by atoms with Gasteiger partial charge in [-0.2, -0.15) is 0 Å². The highest BCUT2D eigenvalue weighted by Gasteiger charge is 2.26. The largest absolute Gasteiger partial charge is 0.493 e. The molecule has 30 heavy (non-hydrogen) atoms. The zero-order valence-corrected chi connectivity index (χ0v) is 18.5. The monoisotopic (exact) mass is 412 g/mol. The van der Waals surface area contributed by atoms with Crippen molar-refractivity contribution in [3.05, 3.63) is 59.2 Å². The third kappa shape index (κ3) is 5.99. The lowest BCUT2D eigenvalue weighted by Crippen LogP contribution is -2.47. The molecule has 0 radical (unpaired) electrons. The lowest BCUT2D eigenvalue weighted by molar-refractivity contribution is -0.140. The van der Waals surface area contributed by atoms with Crippen molar-refractivity contribution in [1.29, 1.82) is 0 Å². The number of likely N-dealkylation sites (N-methyl/N-ethyl adjacent to an activating group) is 1. The van der Waals surface area contributed by atoms with Crippen LogP contribution in [0.4, 0.5) is 0 Å². The summed E-state index contributed by atoms with van der Waals surface area (Å²) < 4.78 is 10.6. The SMILES string of the molecule is CCNC(=O)[C@H](C)N(Cc1ccccc1C)C(=O)CCc1ccc(OC)c(OC)c1. The predicted octanol–water partition coefficient (Wildman–Crippen LogP) is 3.50. The summed E-state index contributed by atoms with van der Waals surface area (Å²) in [7, 11) is 3.18. The minimum atomic E-state index is -0.553. The van der Waals surface area contributed by atoms with Gasteiger partial charge in [0.05, 0.1) is 14.2 Å². The van der Waals surface area contributed by atoms with Gasteiger partial charge in [-0.25, -0.2) is 0 Å². The van der Waals surface area contributed by atoms with E-state index in [1.165, 1.54) is 0 Å². The Morgan fingerprint density at radius 3 is 2.40 bits per heavy atom. The first kappa shape index (κ1) is 23.3. The van der Waals surface area contributed by atoms with Crippen molar-refractivity contribution < 1.29 is 19.1 Å². The van der Waals surface area contributed by atoms with E-state index >= 15 is 0 Å². The summed E-state index contributed by atoms with van der Waals surface area (Å²) in [4.78, 5) is 27.3. The number of methoxy groups -OCH3 is 2. The third-order valence-corrected chi connectivity index (χ3v) is 5.20. The Kier molecular flexibility index (Phi) is 8.71. The molecule has 6 heteroatoms. The highest BCUT2D eigenvalue weighted by Crippen LogP contribution is 2.28. The number of ether oxygens (including phenoxy) is 2. The molecule has 162 valence electrons. The van der Waals surface area contributed by atoms with E-state index < -0.39 is 6.04 Å². The molecule has 0 aliphatic carbocycles. The Labute approximate surface area is 179 Å². The van der Waals surface area contributed by atoms with Crippen LogP contribution in [0.2, 0.25) is 0 Å². The van der Waals surface area contributed by atoms with Crippen molar-refractivity contribution in [2.75, 3.05) is 20.8 Å². The van der Waals surface area contributed by atoms with Gasteiger partial charge in [-0.15, -0.1) is 0 Å². The average Bonchev–Trinajstić information content (AvgIpc) is 2.76. The van der Waals surface area contributed by atoms with Crippen LogP contribution in [-0.4, -0.2) is 43.5 Å². The summed E-state index contributed by atoms with van der Waals surface area (Å²) >= 11 is 0. The molecular weight excluding hydrogens is 380 g/mol. The number of carbonyl (C=O) groups is 2. The zero-order chi connectivity index (χ0) is 22.1. The number of nitrogens with one attached hydrogen (secondary N) is 1. The summed E-state index contributed by atoms with van der Waals surface area (Å²) in [5.41, 5.74) is 3.11. The van der Waals surface area contributed by atoms with Crippen LogP contribution in [-0.2, 0) is 22.6 Å². The molecule has 2 aromatic rings. The van der Waals surface area contributed by atoms with E-state index in [0.717, 1.165) is 16.7 Å². The fourth-order valence-electron chi connectivity index (χ4n) is 3.31. The maximum absolute atomic E-state index is 13.1. The van der Waals surface area contributed by atoms with Crippen LogP contribution in [0.3, 0.4) is 0 Å². The molecular formula is C24H32N2O4. The van der Waals surface area contributed by atoms with Crippen LogP contribution in [0, 0.1) is 6.92 Å². The standard InChI is InChI=1S/C24H32N2O4/c1-6-25-24(28)18(3)26(16-20-10-8-7-9-17(20)2)23(27)14-12-19-11-13-21(29-4)22(15-19)30-5/h7-11,13,15,18H,6,12,14,16H2,1-5H3,(H,25,28)/t18-/m0/s1. The molecule has 0 fully saturated rings. The average molecular weight is 413 g/mol. The van der Waals surface area contributed by atoms with Gasteiger partial charge < -0.3 is 19.7 Å². The van der Waals surface area contributed by atoms with Crippen molar-refractivity contribution in [2.24, 2.45) is 0 Å². The summed E-state index contributed by atoms with van der Waals surface area (Å²) in [5, 5.41) is 2.82. The van der Waals surface area contributed by atoms with Crippen molar-refractivity contribution in [3.63, 3.8) is 0 Å². The number of hydrogen-bond acceptors (Lipinski definition) is 4. The Hall–Kier alpha value is -3.02. The van der Waals surface area contributed by atoms with Gasteiger partial charge in [0.2, 0.25) is 11.8 Å². The minimum Gasteiger partial charge on any atom is -0.493 e. The van der Waals surface area contributed by atoms with Crippen LogP contribution in [0.25, 0.3) is 0 Å². The van der Waals surface area contributed by atoms with Crippen LogP contribution in [0.15, 0.2) is 42.5 Å². The van der Waals surface area contributed by atoms with Crippen LogP contribution < -0.4 is 14.8 Å². The first-order valence-electron chi connectivity index (χ1n) is 10.2. The van der Waals surface area contributed by atoms with Crippen molar-refractivity contribution in [3.8, 4) is 11.5 Å². The molecule has 0 spiro atoms. The molecule has 0 saturated carbocycles. The fourth-order valence-corrected chi connectivity index (χ4v) is 3.31. The summed E-state index contributed by atoms with van der Waals surface area (Å²) in [6.07, 6.45) is 0.844. The molecule has 0 aliphatic rings. The first-order chi connectivity index (χ1) is 14.4. The smallest absolute Gasteiger partial charge is 0.242 e. The molecule has 1 N–H and O–H groups in total. The molecule has 0 unspecified atom stereocenters. The Balaban J connectivity index is 2.17. The lowest BCUT2D eigenvalue weighted by Gasteiger charge is -2.29. The number of aryl methyl sites for hydroxylation is 2. The maximum atomic E-state index is 13.1. The van der Waals surface area contributed by atoms with Gasteiger partial charge in [-0.05, 0) is 56.0 Å². The van der Waals surface area contributed by atoms with Gasteiger partial charge in [0, 0.05) is 19.5 Å². The zero-order valence-electron chi connectivity index (χ0n) is 18.5. The number of benzene rings is 2. The molecule has 2 rings (SSSR count). The quantitative estimate of drug-likeness (QED) is 0.649. The van der Waals surface area contributed by atoms with Gasteiger partial charge in [-0.3, -0.25) is 9.59 Å². The summed E-state index contributed by atoms with van der Waals surface area (Å²) in [6, 6.07) is 13.0.